The number of benzene rings is 2. The minimum atomic E-state index is 0.142. The van der Waals surface area contributed by atoms with Gasteiger partial charge in [0.05, 0.1) is 36.8 Å². The zero-order valence-corrected chi connectivity index (χ0v) is 29.1. The molecule has 2 N–H and O–H groups in total. The number of anilines is 2. The Bertz CT molecular complexity index is 1860. The molecular formula is C40H47N8O2+. The van der Waals surface area contributed by atoms with E-state index in [2.05, 4.69) is 70.1 Å². The maximum absolute atomic E-state index is 14.1. The van der Waals surface area contributed by atoms with Crippen LogP contribution in [-0.4, -0.2) is 61.2 Å². The van der Waals surface area contributed by atoms with Crippen molar-refractivity contribution in [3.05, 3.63) is 84.3 Å². The van der Waals surface area contributed by atoms with Crippen LogP contribution >= 0.6 is 0 Å². The number of rotatable bonds is 14. The van der Waals surface area contributed by atoms with E-state index in [4.69, 9.17) is 9.72 Å². The number of aromatic nitrogens is 4. The Morgan fingerprint density at radius 1 is 1.08 bits per heavy atom. The third-order valence-electron chi connectivity index (χ3n) is 10.6. The van der Waals surface area contributed by atoms with Gasteiger partial charge < -0.3 is 15.4 Å². The van der Waals surface area contributed by atoms with Gasteiger partial charge in [-0.05, 0) is 68.2 Å². The molecule has 0 radical (unpaired) electrons. The zero-order chi connectivity index (χ0) is 34.5. The molecule has 10 heteroatoms. The number of nitrogens with zero attached hydrogens (tertiary/aromatic N) is 6. The van der Waals surface area contributed by atoms with Crippen LogP contribution < -0.4 is 10.6 Å². The Balaban J connectivity index is 1.04. The molecule has 258 valence electrons. The van der Waals surface area contributed by atoms with Crippen molar-refractivity contribution in [2.75, 3.05) is 23.8 Å². The quantitative estimate of drug-likeness (QED) is 0.110. The summed E-state index contributed by atoms with van der Waals surface area (Å²) in [5.41, 5.74) is 5.93. The number of hydrogen-bond acceptors (Lipinski definition) is 8. The molecular weight excluding hydrogens is 624 g/mol. The van der Waals surface area contributed by atoms with Crippen molar-refractivity contribution < 1.29 is 14.1 Å². The highest BCUT2D eigenvalue weighted by atomic mass is 16.5. The number of nitriles is 1. The second kappa shape index (κ2) is 15.3. The van der Waals surface area contributed by atoms with Crippen molar-refractivity contribution in [1.82, 2.24) is 19.7 Å². The van der Waals surface area contributed by atoms with Crippen LogP contribution in [0.25, 0.3) is 11.1 Å². The summed E-state index contributed by atoms with van der Waals surface area (Å²) in [6, 6.07) is 21.1. The highest BCUT2D eigenvalue weighted by Crippen LogP contribution is 2.44. The molecule has 5 unspecified atom stereocenters. The van der Waals surface area contributed by atoms with Crippen LogP contribution in [0, 0.1) is 29.1 Å². The maximum Gasteiger partial charge on any atom is 0.392 e. The first kappa shape index (κ1) is 33.6. The molecule has 0 spiro atoms. The molecule has 2 saturated carbocycles. The number of carbonyl (C=O) groups excluding carboxylic acids is 1. The van der Waals surface area contributed by atoms with Crippen LogP contribution in [0.3, 0.4) is 0 Å². The highest BCUT2D eigenvalue weighted by molar-refractivity contribution is 6.03. The molecule has 3 aliphatic rings. The monoisotopic (exact) mass is 671 g/mol. The van der Waals surface area contributed by atoms with Gasteiger partial charge in [-0.3, -0.25) is 4.68 Å². The Labute approximate surface area is 294 Å². The lowest BCUT2D eigenvalue weighted by molar-refractivity contribution is -0.367. The molecule has 1 amide bonds. The van der Waals surface area contributed by atoms with Crippen LogP contribution in [0.4, 0.5) is 17.5 Å². The standard InChI is InChI=1S/C40H47N8O2/c1-3-9-32-33(12-7-20-42-40-43-24-29(23-41)39(46-40)45-35-22-36-34(35)13-8-21-50-36)38(32)48(37(49)19-14-27-10-5-4-6-11-27)31-17-15-28(16-18-31)30-25-44-47(2)26-30/h4-6,10-11,15-18,24-26,32-36H,3,7-9,12-14,19-22H2,1-2H3,(H2,42,43,45,46)/q+1/b48-38-. The number of aryl methyl sites for hydroxylation is 2. The van der Waals surface area contributed by atoms with Crippen LogP contribution in [-0.2, 0) is 23.0 Å². The van der Waals surface area contributed by atoms with E-state index in [9.17, 15) is 10.1 Å². The Morgan fingerprint density at radius 2 is 1.90 bits per heavy atom. The topological polar surface area (TPSA) is 121 Å². The first-order valence-electron chi connectivity index (χ1n) is 18.2. The summed E-state index contributed by atoms with van der Waals surface area (Å²) in [6.45, 7) is 3.77. The smallest absolute Gasteiger partial charge is 0.378 e. The van der Waals surface area contributed by atoms with E-state index in [1.807, 2.05) is 42.2 Å². The van der Waals surface area contributed by atoms with E-state index in [-0.39, 0.29) is 11.9 Å². The molecule has 2 aliphatic carbocycles. The minimum absolute atomic E-state index is 0.142. The molecule has 2 aromatic heterocycles. The van der Waals surface area contributed by atoms with Crippen LogP contribution in [0.2, 0.25) is 0 Å². The summed E-state index contributed by atoms with van der Waals surface area (Å²) >= 11 is 0. The summed E-state index contributed by atoms with van der Waals surface area (Å²) < 4.78 is 9.70. The number of nitrogens with one attached hydrogen (secondary N) is 2. The third kappa shape index (κ3) is 7.48. The van der Waals surface area contributed by atoms with Gasteiger partial charge in [-0.2, -0.15) is 15.3 Å². The largest absolute Gasteiger partial charge is 0.392 e. The van der Waals surface area contributed by atoms with Gasteiger partial charge in [-0.25, -0.2) is 9.78 Å². The normalized spacial score (nSPS) is 23.3. The van der Waals surface area contributed by atoms with Crippen molar-refractivity contribution in [2.24, 2.45) is 24.8 Å². The average Bonchev–Trinajstić information content (AvgIpc) is 3.60. The third-order valence-corrected chi connectivity index (χ3v) is 10.6. The summed E-state index contributed by atoms with van der Waals surface area (Å²) in [5, 5.41) is 20.9. The predicted molar refractivity (Wildman–Crippen MR) is 194 cm³/mol. The number of fused-ring (bicyclic) bond motifs is 1. The van der Waals surface area contributed by atoms with Gasteiger partial charge in [0.2, 0.25) is 11.6 Å². The molecule has 3 fully saturated rings. The summed E-state index contributed by atoms with van der Waals surface area (Å²) in [7, 11) is 1.92. The minimum Gasteiger partial charge on any atom is -0.378 e. The summed E-state index contributed by atoms with van der Waals surface area (Å²) in [4.78, 5) is 23.2. The van der Waals surface area contributed by atoms with Gasteiger partial charge in [-0.1, -0.05) is 43.7 Å². The van der Waals surface area contributed by atoms with Crippen molar-refractivity contribution in [3.63, 3.8) is 0 Å². The van der Waals surface area contributed by atoms with Gasteiger partial charge in [0.15, 0.2) is 5.71 Å². The number of ether oxygens (including phenoxy) is 1. The summed E-state index contributed by atoms with van der Waals surface area (Å²) in [6.07, 6.45) is 14.1. The van der Waals surface area contributed by atoms with Crippen molar-refractivity contribution in [1.29, 1.82) is 5.26 Å². The fourth-order valence-corrected chi connectivity index (χ4v) is 7.84. The molecule has 5 atom stereocenters. The Kier molecular flexibility index (Phi) is 10.3. The van der Waals surface area contributed by atoms with E-state index in [0.717, 1.165) is 68.4 Å². The van der Waals surface area contributed by atoms with Crippen LogP contribution in [0.5, 0.6) is 0 Å². The predicted octanol–water partition coefficient (Wildman–Crippen LogP) is 6.91. The van der Waals surface area contributed by atoms with E-state index >= 15 is 0 Å². The Hall–Kier alpha value is -4.88. The average molecular weight is 672 g/mol. The lowest BCUT2D eigenvalue weighted by Crippen LogP contribution is -2.53. The van der Waals surface area contributed by atoms with E-state index < -0.39 is 0 Å². The molecule has 7 rings (SSSR count). The second-order valence-electron chi connectivity index (χ2n) is 13.9. The molecule has 4 aromatic rings. The lowest BCUT2D eigenvalue weighted by atomic mass is 9.72. The highest BCUT2D eigenvalue weighted by Gasteiger charge is 2.54. The first-order valence-corrected chi connectivity index (χ1v) is 18.2. The Morgan fingerprint density at radius 3 is 2.64 bits per heavy atom. The summed E-state index contributed by atoms with van der Waals surface area (Å²) in [5.74, 6) is 2.47. The van der Waals surface area contributed by atoms with E-state index in [0.29, 0.717) is 60.6 Å². The molecule has 0 bridgehead atoms. The number of hydrogen-bond donors (Lipinski definition) is 2. The lowest BCUT2D eigenvalue weighted by Gasteiger charge is -2.47. The molecule has 1 aliphatic heterocycles. The van der Waals surface area contributed by atoms with Crippen molar-refractivity contribution in [2.45, 2.75) is 76.9 Å². The molecule has 1 saturated heterocycles. The van der Waals surface area contributed by atoms with Gasteiger partial charge in [-0.15, -0.1) is 4.58 Å². The van der Waals surface area contributed by atoms with Crippen LogP contribution in [0.1, 0.15) is 69.4 Å². The number of amides is 1. The maximum atomic E-state index is 14.1. The fraction of sp³-hybridized carbons (Fsp3) is 0.450. The van der Waals surface area contributed by atoms with E-state index in [1.54, 1.807) is 10.9 Å². The number of carbonyl (C=O) groups is 1. The first-order chi connectivity index (χ1) is 24.5. The molecule has 50 heavy (non-hydrogen) atoms. The molecule has 2 aromatic carbocycles. The molecule has 3 heterocycles. The van der Waals surface area contributed by atoms with E-state index in [1.165, 1.54) is 11.3 Å². The van der Waals surface area contributed by atoms with Gasteiger partial charge >= 0.3 is 5.91 Å². The molecule has 10 nitrogen and oxygen atoms in total. The second-order valence-corrected chi connectivity index (χ2v) is 13.9. The fourth-order valence-electron chi connectivity index (χ4n) is 7.84. The van der Waals surface area contributed by atoms with Gasteiger partial charge in [0, 0.05) is 56.1 Å². The zero-order valence-electron chi connectivity index (χ0n) is 29.1. The van der Waals surface area contributed by atoms with Crippen LogP contribution in [0.15, 0.2) is 73.2 Å². The van der Waals surface area contributed by atoms with Gasteiger partial charge in [0.25, 0.3) is 0 Å². The SMILES string of the molecule is CCCC1/C(=[N+](/C(=O)CCc2ccccc2)c2ccc(-c3cnn(C)c3)cc2)C1CCCNc1ncc(C#N)c(NC2CC3OCCCC23)n1. The van der Waals surface area contributed by atoms with Crippen molar-refractivity contribution >= 4 is 29.1 Å². The van der Waals surface area contributed by atoms with Crippen molar-refractivity contribution in [3.8, 4) is 17.2 Å². The van der Waals surface area contributed by atoms with Gasteiger partial charge in [0.1, 0.15) is 17.5 Å².